The van der Waals surface area contributed by atoms with E-state index in [4.69, 9.17) is 0 Å². The lowest BCUT2D eigenvalue weighted by atomic mass is 10.2. The summed E-state index contributed by atoms with van der Waals surface area (Å²) < 4.78 is 26.5. The molecular formula is C17H22N4O3S2. The molecule has 0 bridgehead atoms. The largest absolute Gasteiger partial charge is 0.369 e. The summed E-state index contributed by atoms with van der Waals surface area (Å²) in [6, 6.07) is 10.8. The Morgan fingerprint density at radius 3 is 2.42 bits per heavy atom. The highest BCUT2D eigenvalue weighted by Crippen LogP contribution is 2.19. The van der Waals surface area contributed by atoms with Crippen LogP contribution in [0.5, 0.6) is 0 Å². The molecule has 0 radical (unpaired) electrons. The first-order valence-corrected chi connectivity index (χ1v) is 10.7. The van der Waals surface area contributed by atoms with Crippen molar-refractivity contribution in [2.24, 2.45) is 0 Å². The molecule has 1 fully saturated rings. The molecule has 26 heavy (non-hydrogen) atoms. The zero-order valence-electron chi connectivity index (χ0n) is 14.5. The third-order valence-corrected chi connectivity index (χ3v) is 7.00. The van der Waals surface area contributed by atoms with Crippen molar-refractivity contribution in [1.29, 1.82) is 0 Å². The predicted molar refractivity (Wildman–Crippen MR) is 104 cm³/mol. The lowest BCUT2D eigenvalue weighted by Gasteiger charge is -2.34. The number of nitrogens with zero attached hydrogens (tertiary/aromatic N) is 2. The van der Waals surface area contributed by atoms with E-state index in [9.17, 15) is 13.2 Å². The number of rotatable bonds is 6. The van der Waals surface area contributed by atoms with Gasteiger partial charge in [-0.25, -0.2) is 13.1 Å². The Morgan fingerprint density at radius 1 is 1.12 bits per heavy atom. The van der Waals surface area contributed by atoms with E-state index < -0.39 is 15.9 Å². The second kappa shape index (κ2) is 8.17. The number of thiophene rings is 1. The Morgan fingerprint density at radius 2 is 1.81 bits per heavy atom. The zero-order valence-corrected chi connectivity index (χ0v) is 16.1. The van der Waals surface area contributed by atoms with Crippen molar-refractivity contribution >= 4 is 38.6 Å². The quantitative estimate of drug-likeness (QED) is 0.774. The van der Waals surface area contributed by atoms with Crippen molar-refractivity contribution < 1.29 is 13.2 Å². The van der Waals surface area contributed by atoms with Gasteiger partial charge in [0.05, 0.1) is 6.54 Å². The van der Waals surface area contributed by atoms with Gasteiger partial charge in [0.25, 0.3) is 10.0 Å². The molecule has 0 saturated carbocycles. The number of piperazine rings is 1. The van der Waals surface area contributed by atoms with Crippen LogP contribution in [0.2, 0.25) is 0 Å². The lowest BCUT2D eigenvalue weighted by molar-refractivity contribution is -0.115. The molecule has 140 valence electrons. The predicted octanol–water partition coefficient (Wildman–Crippen LogP) is 1.42. The Balaban J connectivity index is 1.51. The van der Waals surface area contributed by atoms with E-state index in [1.165, 1.54) is 6.07 Å². The molecule has 1 amide bonds. The summed E-state index contributed by atoms with van der Waals surface area (Å²) in [5, 5.41) is 4.38. The van der Waals surface area contributed by atoms with Crippen LogP contribution in [0.4, 0.5) is 11.4 Å². The normalized spacial score (nSPS) is 15.8. The fraction of sp³-hybridized carbons (Fsp3) is 0.353. The first-order chi connectivity index (χ1) is 12.4. The molecule has 3 rings (SSSR count). The average Bonchev–Trinajstić information content (AvgIpc) is 3.17. The molecule has 2 N–H and O–H groups in total. The molecule has 2 heterocycles. The molecule has 0 spiro atoms. The highest BCUT2D eigenvalue weighted by atomic mass is 32.2. The van der Waals surface area contributed by atoms with Crippen molar-refractivity contribution in [2.45, 2.75) is 4.21 Å². The highest BCUT2D eigenvalue weighted by molar-refractivity contribution is 7.91. The van der Waals surface area contributed by atoms with Crippen LogP contribution in [-0.4, -0.2) is 59.0 Å². The molecule has 2 aromatic rings. The molecule has 9 heteroatoms. The number of hydrogen-bond donors (Lipinski definition) is 2. The van der Waals surface area contributed by atoms with Crippen LogP contribution in [0.1, 0.15) is 0 Å². The maximum absolute atomic E-state index is 12.0. The van der Waals surface area contributed by atoms with Crippen LogP contribution in [-0.2, 0) is 14.8 Å². The third-order valence-electron chi connectivity index (χ3n) is 4.20. The van der Waals surface area contributed by atoms with Gasteiger partial charge in [0.15, 0.2) is 0 Å². The molecule has 7 nitrogen and oxygen atoms in total. The first kappa shape index (κ1) is 18.8. The van der Waals surface area contributed by atoms with Crippen molar-refractivity contribution in [3.63, 3.8) is 0 Å². The molecule has 0 aliphatic carbocycles. The molecule has 1 aromatic carbocycles. The monoisotopic (exact) mass is 394 g/mol. The molecule has 1 aliphatic heterocycles. The first-order valence-electron chi connectivity index (χ1n) is 8.31. The van der Waals surface area contributed by atoms with Gasteiger partial charge < -0.3 is 15.1 Å². The second-order valence-corrected chi connectivity index (χ2v) is 9.08. The third kappa shape index (κ3) is 4.82. The second-order valence-electron chi connectivity index (χ2n) is 6.14. The number of carbonyl (C=O) groups excluding carboxylic acids is 1. The summed E-state index contributed by atoms with van der Waals surface area (Å²) in [5.41, 5.74) is 1.76. The molecule has 1 aliphatic rings. The summed E-state index contributed by atoms with van der Waals surface area (Å²) in [4.78, 5) is 16.6. The molecule has 0 atom stereocenters. The van der Waals surface area contributed by atoms with E-state index in [1.807, 2.05) is 24.3 Å². The van der Waals surface area contributed by atoms with Gasteiger partial charge in [-0.05, 0) is 42.8 Å². The minimum atomic E-state index is -3.63. The standard InChI is InChI=1S/C17H22N4O3S2/c1-20-8-10-21(11-9-20)15-6-4-14(5-7-15)19-16(22)13-18-26(23,24)17-3-2-12-25-17/h2-7,12,18H,8-11,13H2,1H3,(H,19,22). The zero-order chi connectivity index (χ0) is 18.6. The van der Waals surface area contributed by atoms with Crippen LogP contribution in [0.3, 0.4) is 0 Å². The van der Waals surface area contributed by atoms with Gasteiger partial charge in [0, 0.05) is 37.6 Å². The summed E-state index contributed by atoms with van der Waals surface area (Å²) >= 11 is 1.11. The van der Waals surface area contributed by atoms with E-state index in [2.05, 4.69) is 26.9 Å². The van der Waals surface area contributed by atoms with E-state index in [0.717, 1.165) is 43.2 Å². The van der Waals surface area contributed by atoms with E-state index in [-0.39, 0.29) is 10.8 Å². The Hall–Kier alpha value is -1.94. The topological polar surface area (TPSA) is 81.8 Å². The summed E-state index contributed by atoms with van der Waals surface area (Å²) in [7, 11) is -1.52. The smallest absolute Gasteiger partial charge is 0.250 e. The average molecular weight is 395 g/mol. The van der Waals surface area contributed by atoms with Crippen molar-refractivity contribution in [1.82, 2.24) is 9.62 Å². The van der Waals surface area contributed by atoms with Gasteiger partial charge in [-0.15, -0.1) is 11.3 Å². The van der Waals surface area contributed by atoms with Crippen LogP contribution < -0.4 is 14.9 Å². The Kier molecular flexibility index (Phi) is 5.92. The lowest BCUT2D eigenvalue weighted by Crippen LogP contribution is -2.44. The van der Waals surface area contributed by atoms with Crippen LogP contribution >= 0.6 is 11.3 Å². The van der Waals surface area contributed by atoms with Gasteiger partial charge in [-0.2, -0.15) is 0 Å². The number of nitrogens with one attached hydrogen (secondary N) is 2. The molecular weight excluding hydrogens is 372 g/mol. The summed E-state index contributed by atoms with van der Waals surface area (Å²) in [5.74, 6) is -0.405. The van der Waals surface area contributed by atoms with Crippen molar-refractivity contribution in [3.8, 4) is 0 Å². The highest BCUT2D eigenvalue weighted by Gasteiger charge is 2.17. The fourth-order valence-electron chi connectivity index (χ4n) is 2.67. The minimum absolute atomic E-state index is 0.196. The van der Waals surface area contributed by atoms with Gasteiger partial charge >= 0.3 is 0 Å². The number of anilines is 2. The molecule has 1 saturated heterocycles. The van der Waals surface area contributed by atoms with Gasteiger partial charge in [-0.1, -0.05) is 6.07 Å². The van der Waals surface area contributed by atoms with Crippen molar-refractivity contribution in [2.75, 3.05) is 50.0 Å². The Bertz CT molecular complexity index is 827. The number of benzene rings is 1. The number of likely N-dealkylation sites (N-methyl/N-ethyl adjacent to an activating group) is 1. The van der Waals surface area contributed by atoms with Crippen molar-refractivity contribution in [3.05, 3.63) is 41.8 Å². The van der Waals surface area contributed by atoms with Crippen LogP contribution in [0, 0.1) is 0 Å². The number of carbonyl (C=O) groups is 1. The molecule has 1 aromatic heterocycles. The maximum Gasteiger partial charge on any atom is 0.250 e. The summed E-state index contributed by atoms with van der Waals surface area (Å²) in [6.07, 6.45) is 0. The van der Waals surface area contributed by atoms with E-state index in [1.54, 1.807) is 11.4 Å². The van der Waals surface area contributed by atoms with Gasteiger partial charge in [0.1, 0.15) is 4.21 Å². The Labute approximate surface area is 157 Å². The van der Waals surface area contributed by atoms with Crippen LogP contribution in [0.15, 0.2) is 46.0 Å². The number of amides is 1. The van der Waals surface area contributed by atoms with Gasteiger partial charge in [0.2, 0.25) is 5.91 Å². The van der Waals surface area contributed by atoms with E-state index in [0.29, 0.717) is 5.69 Å². The number of sulfonamides is 1. The maximum atomic E-state index is 12.0. The van der Waals surface area contributed by atoms with Crippen LogP contribution in [0.25, 0.3) is 0 Å². The summed E-state index contributed by atoms with van der Waals surface area (Å²) in [6.45, 7) is 3.71. The van der Waals surface area contributed by atoms with Gasteiger partial charge in [-0.3, -0.25) is 4.79 Å². The minimum Gasteiger partial charge on any atom is -0.369 e. The SMILES string of the molecule is CN1CCN(c2ccc(NC(=O)CNS(=O)(=O)c3cccs3)cc2)CC1. The van der Waals surface area contributed by atoms with E-state index >= 15 is 0 Å². The fourth-order valence-corrected chi connectivity index (χ4v) is 4.69. The molecule has 0 unspecified atom stereocenters. The number of hydrogen-bond acceptors (Lipinski definition) is 6.